The van der Waals surface area contributed by atoms with E-state index in [1.807, 2.05) is 50.2 Å². The number of aryl methyl sites for hydroxylation is 1. The maximum Gasteiger partial charge on any atom is 0.272 e. The molecule has 0 fully saturated rings. The van der Waals surface area contributed by atoms with Crippen LogP contribution in [0.4, 0.5) is 0 Å². The Morgan fingerprint density at radius 3 is 2.39 bits per heavy atom. The molecule has 2 aromatic carbocycles. The Balaban J connectivity index is 2.21. The van der Waals surface area contributed by atoms with Gasteiger partial charge in [0.2, 0.25) is 0 Å². The van der Waals surface area contributed by atoms with Gasteiger partial charge in [0.25, 0.3) is 11.5 Å². The fourth-order valence-electron chi connectivity index (χ4n) is 4.52. The van der Waals surface area contributed by atoms with Crippen molar-refractivity contribution in [1.29, 1.82) is 5.26 Å². The van der Waals surface area contributed by atoms with Crippen LogP contribution in [0.25, 0.3) is 0 Å². The molecular formula is C29H35N5O4. The second kappa shape index (κ2) is 12.9. The number of nitriles is 1. The molecule has 2 N–H and O–H groups in total. The van der Waals surface area contributed by atoms with Crippen LogP contribution in [0, 0.1) is 24.2 Å². The van der Waals surface area contributed by atoms with Crippen molar-refractivity contribution in [3.05, 3.63) is 87.1 Å². The van der Waals surface area contributed by atoms with Gasteiger partial charge in [0.1, 0.15) is 17.5 Å². The molecule has 0 spiro atoms. The number of amides is 1. The Morgan fingerprint density at radius 2 is 1.82 bits per heavy atom. The van der Waals surface area contributed by atoms with E-state index in [1.165, 1.54) is 18.8 Å². The third-order valence-electron chi connectivity index (χ3n) is 6.40. The molecule has 1 amide bonds. The molecular weight excluding hydrogens is 482 g/mol. The van der Waals surface area contributed by atoms with Crippen molar-refractivity contribution in [3.63, 3.8) is 0 Å². The maximum atomic E-state index is 14.0. The van der Waals surface area contributed by atoms with Crippen molar-refractivity contribution in [2.45, 2.75) is 39.8 Å². The molecule has 0 aliphatic heterocycles. The average Bonchev–Trinajstić information content (AvgIpc) is 2.92. The number of hydrogen-bond donors (Lipinski definition) is 1. The lowest BCUT2D eigenvalue weighted by atomic mass is 9.98. The van der Waals surface area contributed by atoms with E-state index < -0.39 is 11.6 Å². The number of carbonyl (C=O) groups is 1. The van der Waals surface area contributed by atoms with Crippen molar-refractivity contribution in [3.8, 4) is 17.6 Å². The third kappa shape index (κ3) is 6.03. The fraction of sp³-hybridized carbons (Fsp3) is 0.379. The summed E-state index contributed by atoms with van der Waals surface area (Å²) >= 11 is 0. The first-order valence-electron chi connectivity index (χ1n) is 12.6. The summed E-state index contributed by atoms with van der Waals surface area (Å²) in [6.45, 7) is 6.57. The van der Waals surface area contributed by atoms with Crippen LogP contribution in [-0.4, -0.2) is 47.7 Å². The van der Waals surface area contributed by atoms with E-state index in [0.29, 0.717) is 48.1 Å². The normalized spacial score (nSPS) is 11.6. The van der Waals surface area contributed by atoms with E-state index in [0.717, 1.165) is 5.56 Å². The summed E-state index contributed by atoms with van der Waals surface area (Å²) < 4.78 is 12.3. The maximum absolute atomic E-state index is 14.0. The van der Waals surface area contributed by atoms with Crippen molar-refractivity contribution < 1.29 is 14.3 Å². The molecule has 3 rings (SSSR count). The van der Waals surface area contributed by atoms with E-state index in [1.54, 1.807) is 30.0 Å². The highest BCUT2D eigenvalue weighted by atomic mass is 16.5. The molecule has 200 valence electrons. The van der Waals surface area contributed by atoms with Gasteiger partial charge in [0, 0.05) is 12.1 Å². The van der Waals surface area contributed by atoms with Crippen LogP contribution in [0.5, 0.6) is 11.5 Å². The second-order valence-corrected chi connectivity index (χ2v) is 9.32. The van der Waals surface area contributed by atoms with Gasteiger partial charge in [-0.25, -0.2) is 4.98 Å². The number of aromatic nitrogens is 2. The SMILES string of the molecule is COc1ccc(C(=O)N(CCCN)C(c2nc(C)c(C#N)c(=O)n2Cc2ccccc2)C(C)C)cc1OC. The number of carbonyl (C=O) groups excluding carboxylic acids is 1. The highest BCUT2D eigenvalue weighted by Gasteiger charge is 2.33. The molecule has 1 heterocycles. The third-order valence-corrected chi connectivity index (χ3v) is 6.40. The van der Waals surface area contributed by atoms with E-state index in [-0.39, 0.29) is 23.9 Å². The highest BCUT2D eigenvalue weighted by molar-refractivity contribution is 5.95. The predicted molar refractivity (Wildman–Crippen MR) is 145 cm³/mol. The average molecular weight is 518 g/mol. The van der Waals surface area contributed by atoms with Gasteiger partial charge in [-0.15, -0.1) is 0 Å². The van der Waals surface area contributed by atoms with Gasteiger partial charge in [-0.1, -0.05) is 44.2 Å². The topological polar surface area (TPSA) is 123 Å². The number of methoxy groups -OCH3 is 2. The van der Waals surface area contributed by atoms with E-state index in [2.05, 4.69) is 0 Å². The largest absolute Gasteiger partial charge is 0.493 e. The molecule has 38 heavy (non-hydrogen) atoms. The summed E-state index contributed by atoms with van der Waals surface area (Å²) in [6.07, 6.45) is 0.556. The van der Waals surface area contributed by atoms with E-state index in [4.69, 9.17) is 20.2 Å². The van der Waals surface area contributed by atoms with Crippen LogP contribution in [-0.2, 0) is 6.54 Å². The van der Waals surface area contributed by atoms with Crippen molar-refractivity contribution in [2.24, 2.45) is 11.7 Å². The first kappa shape index (κ1) is 28.4. The zero-order valence-electron chi connectivity index (χ0n) is 22.6. The molecule has 0 radical (unpaired) electrons. The standard InChI is InChI=1S/C29H35N5O4/c1-19(2)26(33(15-9-14-30)28(35)22-12-13-24(37-4)25(16-22)38-5)27-32-20(3)23(17-31)29(36)34(27)18-21-10-7-6-8-11-21/h6-8,10-13,16,19,26H,9,14-15,18,30H2,1-5H3. The molecule has 1 aromatic heterocycles. The van der Waals surface area contributed by atoms with Crippen LogP contribution in [0.15, 0.2) is 53.3 Å². The number of nitrogens with zero attached hydrogens (tertiary/aromatic N) is 4. The molecule has 0 aliphatic carbocycles. The van der Waals surface area contributed by atoms with Gasteiger partial charge < -0.3 is 20.1 Å². The minimum Gasteiger partial charge on any atom is -0.493 e. The summed E-state index contributed by atoms with van der Waals surface area (Å²) in [5.74, 6) is 1.01. The van der Waals surface area contributed by atoms with Gasteiger partial charge in [-0.05, 0) is 49.6 Å². The molecule has 9 nitrogen and oxygen atoms in total. The Morgan fingerprint density at radius 1 is 1.13 bits per heavy atom. The Labute approximate surface area is 223 Å². The van der Waals surface area contributed by atoms with Crippen LogP contribution in [0.1, 0.15) is 59.3 Å². The molecule has 0 saturated carbocycles. The van der Waals surface area contributed by atoms with Gasteiger partial charge in [0.05, 0.1) is 32.5 Å². The Kier molecular flexibility index (Phi) is 9.63. The summed E-state index contributed by atoms with van der Waals surface area (Å²) in [7, 11) is 3.05. The molecule has 1 atom stereocenters. The van der Waals surface area contributed by atoms with Gasteiger partial charge in [-0.2, -0.15) is 5.26 Å². The van der Waals surface area contributed by atoms with E-state index >= 15 is 0 Å². The first-order valence-corrected chi connectivity index (χ1v) is 12.6. The smallest absolute Gasteiger partial charge is 0.272 e. The number of ether oxygens (including phenoxy) is 2. The lowest BCUT2D eigenvalue weighted by Crippen LogP contribution is -2.43. The van der Waals surface area contributed by atoms with Crippen LogP contribution >= 0.6 is 0 Å². The Bertz CT molecular complexity index is 1360. The van der Waals surface area contributed by atoms with Gasteiger partial charge in [0.15, 0.2) is 11.5 Å². The number of nitrogens with two attached hydrogens (primary N) is 1. The molecule has 0 aliphatic rings. The van der Waals surface area contributed by atoms with Crippen molar-refractivity contribution in [1.82, 2.24) is 14.5 Å². The minimum atomic E-state index is -0.565. The lowest BCUT2D eigenvalue weighted by molar-refractivity contribution is 0.0601. The molecule has 1 unspecified atom stereocenters. The van der Waals surface area contributed by atoms with Gasteiger partial charge >= 0.3 is 0 Å². The highest BCUT2D eigenvalue weighted by Crippen LogP contribution is 2.32. The van der Waals surface area contributed by atoms with Crippen LogP contribution < -0.4 is 20.8 Å². The molecule has 3 aromatic rings. The molecule has 0 bridgehead atoms. The lowest BCUT2D eigenvalue weighted by Gasteiger charge is -2.35. The van der Waals surface area contributed by atoms with E-state index in [9.17, 15) is 14.9 Å². The molecule has 0 saturated heterocycles. The number of hydrogen-bond acceptors (Lipinski definition) is 7. The molecule has 9 heteroatoms. The van der Waals surface area contributed by atoms with Crippen molar-refractivity contribution in [2.75, 3.05) is 27.3 Å². The van der Waals surface area contributed by atoms with Crippen LogP contribution in [0.3, 0.4) is 0 Å². The zero-order chi connectivity index (χ0) is 27.8. The predicted octanol–water partition coefficient (Wildman–Crippen LogP) is 3.68. The van der Waals surface area contributed by atoms with Crippen molar-refractivity contribution >= 4 is 5.91 Å². The van der Waals surface area contributed by atoms with Gasteiger partial charge in [-0.3, -0.25) is 14.2 Å². The summed E-state index contributed by atoms with van der Waals surface area (Å²) in [5, 5.41) is 9.68. The number of benzene rings is 2. The minimum absolute atomic E-state index is 0.00749. The number of rotatable bonds is 11. The quantitative estimate of drug-likeness (QED) is 0.411. The summed E-state index contributed by atoms with van der Waals surface area (Å²) in [4.78, 5) is 34.0. The van der Waals surface area contributed by atoms with Crippen LogP contribution in [0.2, 0.25) is 0 Å². The first-order chi connectivity index (χ1) is 18.3. The fourth-order valence-corrected chi connectivity index (χ4v) is 4.52. The summed E-state index contributed by atoms with van der Waals surface area (Å²) in [5.41, 5.74) is 7.04. The second-order valence-electron chi connectivity index (χ2n) is 9.32. The Hall–Kier alpha value is -4.16. The zero-order valence-corrected chi connectivity index (χ0v) is 22.6. The monoisotopic (exact) mass is 517 g/mol. The summed E-state index contributed by atoms with van der Waals surface area (Å²) in [6, 6.07) is 15.9.